The van der Waals surface area contributed by atoms with Gasteiger partial charge in [0.2, 0.25) is 5.91 Å². The minimum atomic E-state index is 0.0280. The van der Waals surface area contributed by atoms with Gasteiger partial charge >= 0.3 is 0 Å². The molecule has 0 aliphatic carbocycles. The zero-order chi connectivity index (χ0) is 15.1. The van der Waals surface area contributed by atoms with Gasteiger partial charge in [0.05, 0.1) is 6.61 Å². The van der Waals surface area contributed by atoms with Gasteiger partial charge in [-0.05, 0) is 13.0 Å². The molecule has 0 radical (unpaired) electrons. The SMILES string of the molecule is CCOCC(=O)N1CCN(CCOC)c2ncccc2C1. The Morgan fingerprint density at radius 1 is 1.43 bits per heavy atom. The van der Waals surface area contributed by atoms with Crippen LogP contribution in [0.25, 0.3) is 0 Å². The lowest BCUT2D eigenvalue weighted by Crippen LogP contribution is -2.38. The maximum atomic E-state index is 12.2. The fourth-order valence-electron chi connectivity index (χ4n) is 2.38. The van der Waals surface area contributed by atoms with Gasteiger partial charge < -0.3 is 19.3 Å². The normalized spacial score (nSPS) is 14.8. The molecule has 0 aromatic carbocycles. The first-order valence-electron chi connectivity index (χ1n) is 7.29. The van der Waals surface area contributed by atoms with E-state index in [0.29, 0.717) is 26.3 Å². The van der Waals surface area contributed by atoms with E-state index < -0.39 is 0 Å². The van der Waals surface area contributed by atoms with Crippen molar-refractivity contribution in [3.8, 4) is 0 Å². The van der Waals surface area contributed by atoms with Gasteiger partial charge in [-0.2, -0.15) is 0 Å². The number of aromatic nitrogens is 1. The average Bonchev–Trinajstić information content (AvgIpc) is 2.70. The van der Waals surface area contributed by atoms with E-state index in [9.17, 15) is 4.79 Å². The number of pyridine rings is 1. The van der Waals surface area contributed by atoms with Crippen molar-refractivity contribution in [2.24, 2.45) is 0 Å². The van der Waals surface area contributed by atoms with Gasteiger partial charge in [0.15, 0.2) is 0 Å². The molecule has 116 valence electrons. The molecule has 2 rings (SSSR count). The summed E-state index contributed by atoms with van der Waals surface area (Å²) in [5.41, 5.74) is 1.07. The summed E-state index contributed by atoms with van der Waals surface area (Å²) < 4.78 is 10.4. The van der Waals surface area contributed by atoms with Gasteiger partial charge in [-0.15, -0.1) is 0 Å². The Kier molecular flexibility index (Phi) is 5.95. The highest BCUT2D eigenvalue weighted by Crippen LogP contribution is 2.22. The summed E-state index contributed by atoms with van der Waals surface area (Å²) in [5, 5.41) is 0. The molecule has 6 heteroatoms. The molecule has 1 aromatic heterocycles. The molecule has 0 spiro atoms. The Labute approximate surface area is 125 Å². The van der Waals surface area contributed by atoms with Crippen molar-refractivity contribution in [1.29, 1.82) is 0 Å². The van der Waals surface area contributed by atoms with Crippen LogP contribution in [-0.2, 0) is 20.8 Å². The topological polar surface area (TPSA) is 54.9 Å². The summed E-state index contributed by atoms with van der Waals surface area (Å²) >= 11 is 0. The monoisotopic (exact) mass is 293 g/mol. The van der Waals surface area contributed by atoms with Crippen LogP contribution in [0.4, 0.5) is 5.82 Å². The summed E-state index contributed by atoms with van der Waals surface area (Å²) in [5.74, 6) is 0.974. The number of methoxy groups -OCH3 is 1. The number of rotatable bonds is 6. The van der Waals surface area contributed by atoms with Crippen molar-refractivity contribution in [3.05, 3.63) is 23.9 Å². The highest BCUT2D eigenvalue weighted by Gasteiger charge is 2.23. The molecule has 2 heterocycles. The van der Waals surface area contributed by atoms with Crippen molar-refractivity contribution in [2.45, 2.75) is 13.5 Å². The molecule has 0 fully saturated rings. The Morgan fingerprint density at radius 2 is 2.29 bits per heavy atom. The highest BCUT2D eigenvalue weighted by atomic mass is 16.5. The quantitative estimate of drug-likeness (QED) is 0.780. The molecule has 0 N–H and O–H groups in total. The predicted molar refractivity (Wildman–Crippen MR) is 80.2 cm³/mol. The van der Waals surface area contributed by atoms with Crippen LogP contribution < -0.4 is 4.90 Å². The van der Waals surface area contributed by atoms with Gasteiger partial charge in [-0.1, -0.05) is 6.07 Å². The number of carbonyl (C=O) groups excluding carboxylic acids is 1. The maximum absolute atomic E-state index is 12.2. The zero-order valence-corrected chi connectivity index (χ0v) is 12.7. The first-order valence-corrected chi connectivity index (χ1v) is 7.29. The van der Waals surface area contributed by atoms with E-state index in [-0.39, 0.29) is 12.5 Å². The van der Waals surface area contributed by atoms with E-state index in [1.807, 2.05) is 24.0 Å². The van der Waals surface area contributed by atoms with E-state index in [1.165, 1.54) is 0 Å². The fourth-order valence-corrected chi connectivity index (χ4v) is 2.38. The van der Waals surface area contributed by atoms with E-state index in [4.69, 9.17) is 9.47 Å². The molecule has 1 aromatic rings. The van der Waals surface area contributed by atoms with Crippen molar-refractivity contribution < 1.29 is 14.3 Å². The lowest BCUT2D eigenvalue weighted by atomic mass is 10.2. The molecule has 1 aliphatic rings. The molecule has 0 atom stereocenters. The highest BCUT2D eigenvalue weighted by molar-refractivity contribution is 5.78. The summed E-state index contributed by atoms with van der Waals surface area (Å²) in [7, 11) is 1.69. The second kappa shape index (κ2) is 7.95. The first kappa shape index (κ1) is 15.7. The van der Waals surface area contributed by atoms with Crippen LogP contribution in [0.1, 0.15) is 12.5 Å². The number of anilines is 1. The third-order valence-corrected chi connectivity index (χ3v) is 3.52. The standard InChI is InChI=1S/C15H23N3O3/c1-3-21-12-14(19)18-8-7-17(9-10-20-2)15-13(11-18)5-4-6-16-15/h4-6H,3,7-12H2,1-2H3. The summed E-state index contributed by atoms with van der Waals surface area (Å²) in [4.78, 5) is 20.7. The molecule has 0 bridgehead atoms. The fraction of sp³-hybridized carbons (Fsp3) is 0.600. The Hall–Kier alpha value is -1.66. The maximum Gasteiger partial charge on any atom is 0.248 e. The van der Waals surface area contributed by atoms with Gasteiger partial charge in [-0.3, -0.25) is 4.79 Å². The van der Waals surface area contributed by atoms with E-state index in [1.54, 1.807) is 13.3 Å². The predicted octanol–water partition coefficient (Wildman–Crippen LogP) is 0.913. The minimum Gasteiger partial charge on any atom is -0.383 e. The zero-order valence-electron chi connectivity index (χ0n) is 12.7. The van der Waals surface area contributed by atoms with Crippen LogP contribution in [0.5, 0.6) is 0 Å². The van der Waals surface area contributed by atoms with Crippen LogP contribution in [0.3, 0.4) is 0 Å². The minimum absolute atomic E-state index is 0.0280. The molecule has 1 aliphatic heterocycles. The lowest BCUT2D eigenvalue weighted by Gasteiger charge is -2.23. The number of ether oxygens (including phenoxy) is 2. The van der Waals surface area contributed by atoms with Gasteiger partial charge in [0.1, 0.15) is 12.4 Å². The Bertz CT molecular complexity index is 467. The molecular formula is C15H23N3O3. The van der Waals surface area contributed by atoms with Gasteiger partial charge in [-0.25, -0.2) is 4.98 Å². The molecule has 21 heavy (non-hydrogen) atoms. The smallest absolute Gasteiger partial charge is 0.248 e. The molecular weight excluding hydrogens is 270 g/mol. The van der Waals surface area contributed by atoms with Crippen LogP contribution in [0, 0.1) is 0 Å². The van der Waals surface area contributed by atoms with E-state index >= 15 is 0 Å². The van der Waals surface area contributed by atoms with Crippen molar-refractivity contribution in [2.75, 3.05) is 51.5 Å². The number of carbonyl (C=O) groups is 1. The van der Waals surface area contributed by atoms with E-state index in [0.717, 1.165) is 24.5 Å². The van der Waals surface area contributed by atoms with Crippen LogP contribution in [0.15, 0.2) is 18.3 Å². The van der Waals surface area contributed by atoms with Crippen LogP contribution in [-0.4, -0.2) is 62.4 Å². The number of nitrogens with zero attached hydrogens (tertiary/aromatic N) is 3. The third-order valence-electron chi connectivity index (χ3n) is 3.52. The number of amides is 1. The molecule has 1 amide bonds. The Morgan fingerprint density at radius 3 is 3.05 bits per heavy atom. The number of hydrogen-bond donors (Lipinski definition) is 0. The van der Waals surface area contributed by atoms with Gasteiger partial charge in [0, 0.05) is 51.7 Å². The third kappa shape index (κ3) is 4.15. The molecule has 0 saturated heterocycles. The molecule has 0 saturated carbocycles. The summed E-state index contributed by atoms with van der Waals surface area (Å²) in [6.45, 7) is 6.01. The Balaban J connectivity index is 2.12. The molecule has 0 unspecified atom stereocenters. The second-order valence-electron chi connectivity index (χ2n) is 4.92. The molecule has 6 nitrogen and oxygen atoms in total. The van der Waals surface area contributed by atoms with Crippen LogP contribution >= 0.6 is 0 Å². The van der Waals surface area contributed by atoms with Gasteiger partial charge in [0.25, 0.3) is 0 Å². The van der Waals surface area contributed by atoms with Crippen molar-refractivity contribution in [1.82, 2.24) is 9.88 Å². The number of hydrogen-bond acceptors (Lipinski definition) is 5. The summed E-state index contributed by atoms with van der Waals surface area (Å²) in [6.07, 6.45) is 1.79. The second-order valence-corrected chi connectivity index (χ2v) is 4.92. The van der Waals surface area contributed by atoms with Crippen molar-refractivity contribution in [3.63, 3.8) is 0 Å². The first-order chi connectivity index (χ1) is 10.3. The van der Waals surface area contributed by atoms with E-state index in [2.05, 4.69) is 9.88 Å². The lowest BCUT2D eigenvalue weighted by molar-refractivity contribution is -0.136. The van der Waals surface area contributed by atoms with Crippen LogP contribution in [0.2, 0.25) is 0 Å². The average molecular weight is 293 g/mol. The largest absolute Gasteiger partial charge is 0.383 e. The van der Waals surface area contributed by atoms with Crippen molar-refractivity contribution >= 4 is 11.7 Å². The number of fused-ring (bicyclic) bond motifs is 1. The summed E-state index contributed by atoms with van der Waals surface area (Å²) in [6, 6.07) is 3.93.